The van der Waals surface area contributed by atoms with Gasteiger partial charge in [-0.05, 0) is 61.6 Å². The summed E-state index contributed by atoms with van der Waals surface area (Å²) in [4.78, 5) is 24.2. The van der Waals surface area contributed by atoms with Gasteiger partial charge in [-0.15, -0.1) is 0 Å². The fourth-order valence-electron chi connectivity index (χ4n) is 2.86. The summed E-state index contributed by atoms with van der Waals surface area (Å²) < 4.78 is 0. The van der Waals surface area contributed by atoms with E-state index in [1.165, 1.54) is 0 Å². The van der Waals surface area contributed by atoms with Gasteiger partial charge >= 0.3 is 5.97 Å². The molecule has 0 aromatic heterocycles. The number of hydrogen-bond donors (Lipinski definition) is 3. The molecule has 0 saturated heterocycles. The van der Waals surface area contributed by atoms with Crippen LogP contribution in [0.15, 0.2) is 36.4 Å². The number of carbonyl (C=O) groups excluding carboxylic acids is 1. The number of amides is 1. The Kier molecular flexibility index (Phi) is 6.69. The van der Waals surface area contributed by atoms with E-state index >= 15 is 0 Å². The Labute approximate surface area is 158 Å². The van der Waals surface area contributed by atoms with E-state index < -0.39 is 17.9 Å². The van der Waals surface area contributed by atoms with E-state index in [1.807, 2.05) is 32.2 Å². The Bertz CT molecular complexity index is 800. The maximum absolute atomic E-state index is 12.8. The smallest absolute Gasteiger partial charge is 0.326 e. The van der Waals surface area contributed by atoms with Crippen LogP contribution in [0.25, 0.3) is 11.1 Å². The zero-order chi connectivity index (χ0) is 19.3. The Morgan fingerprint density at radius 3 is 2.38 bits per heavy atom. The highest BCUT2D eigenvalue weighted by molar-refractivity contribution is 7.98. The van der Waals surface area contributed by atoms with Gasteiger partial charge in [0.15, 0.2) is 0 Å². The van der Waals surface area contributed by atoms with E-state index in [4.69, 9.17) is 5.73 Å². The minimum absolute atomic E-state index is 0.371. The third-order valence-electron chi connectivity index (χ3n) is 4.04. The number of aryl methyl sites for hydroxylation is 2. The highest BCUT2D eigenvalue weighted by atomic mass is 32.2. The van der Waals surface area contributed by atoms with Crippen molar-refractivity contribution in [3.05, 3.63) is 53.1 Å². The predicted octanol–water partition coefficient (Wildman–Crippen LogP) is 3.49. The number of thioether (sulfide) groups is 1. The fraction of sp³-hybridized carbons (Fsp3) is 0.300. The van der Waals surface area contributed by atoms with Gasteiger partial charge in [0.05, 0.1) is 0 Å². The summed E-state index contributed by atoms with van der Waals surface area (Å²) in [5.74, 6) is -0.786. The Hall–Kier alpha value is -2.47. The number of nitrogen functional groups attached to an aromatic ring is 1. The lowest BCUT2D eigenvalue weighted by molar-refractivity contribution is -0.139. The van der Waals surface area contributed by atoms with Crippen LogP contribution in [-0.2, 0) is 4.79 Å². The van der Waals surface area contributed by atoms with Crippen LogP contribution in [0.4, 0.5) is 5.69 Å². The number of anilines is 1. The monoisotopic (exact) mass is 372 g/mol. The van der Waals surface area contributed by atoms with Crippen LogP contribution < -0.4 is 11.1 Å². The number of carboxylic acids is 1. The van der Waals surface area contributed by atoms with Crippen molar-refractivity contribution in [3.63, 3.8) is 0 Å². The van der Waals surface area contributed by atoms with Gasteiger partial charge in [0.2, 0.25) is 0 Å². The largest absolute Gasteiger partial charge is 0.480 e. The van der Waals surface area contributed by atoms with Crippen LogP contribution in [0.5, 0.6) is 0 Å². The van der Waals surface area contributed by atoms with Crippen molar-refractivity contribution in [2.24, 2.45) is 0 Å². The average molecular weight is 372 g/mol. The first-order valence-corrected chi connectivity index (χ1v) is 9.72. The molecule has 26 heavy (non-hydrogen) atoms. The van der Waals surface area contributed by atoms with E-state index in [-0.39, 0.29) is 0 Å². The van der Waals surface area contributed by atoms with Gasteiger partial charge < -0.3 is 16.2 Å². The molecule has 0 radical (unpaired) electrons. The Balaban J connectivity index is 2.40. The first kappa shape index (κ1) is 19.8. The number of aliphatic carboxylic acids is 1. The van der Waals surface area contributed by atoms with Crippen molar-refractivity contribution < 1.29 is 14.7 Å². The molecule has 6 heteroatoms. The van der Waals surface area contributed by atoms with E-state index in [0.717, 1.165) is 16.7 Å². The first-order valence-electron chi connectivity index (χ1n) is 8.32. The zero-order valence-corrected chi connectivity index (χ0v) is 16.0. The van der Waals surface area contributed by atoms with Crippen LogP contribution >= 0.6 is 11.8 Å². The lowest BCUT2D eigenvalue weighted by Gasteiger charge is -2.17. The summed E-state index contributed by atoms with van der Waals surface area (Å²) in [5, 5.41) is 12.0. The third kappa shape index (κ3) is 5.02. The molecule has 1 atom stereocenters. The standard InChI is InChI=1S/C20H24N2O3S/c1-12-8-13(2)10-14(9-12)17-11-15(21)4-5-16(17)19(23)22-18(20(24)25)6-7-26-3/h4-5,8-11,18H,6-7,21H2,1-3H3,(H,22,23)(H,24,25)/t18-/m0/s1. The van der Waals surface area contributed by atoms with Gasteiger partial charge in [-0.25, -0.2) is 4.79 Å². The Morgan fingerprint density at radius 2 is 1.81 bits per heavy atom. The molecule has 0 aliphatic rings. The maximum atomic E-state index is 12.8. The third-order valence-corrected chi connectivity index (χ3v) is 4.68. The molecule has 0 heterocycles. The highest BCUT2D eigenvalue weighted by Gasteiger charge is 2.22. The molecule has 138 valence electrons. The second-order valence-corrected chi connectivity index (χ2v) is 7.31. The predicted molar refractivity (Wildman–Crippen MR) is 108 cm³/mol. The molecule has 2 rings (SSSR count). The van der Waals surface area contributed by atoms with Crippen molar-refractivity contribution in [3.8, 4) is 11.1 Å². The van der Waals surface area contributed by atoms with Crippen molar-refractivity contribution in [2.75, 3.05) is 17.7 Å². The number of carboxylic acid groups (broad SMARTS) is 1. The van der Waals surface area contributed by atoms with Crippen LogP contribution in [0, 0.1) is 13.8 Å². The Morgan fingerprint density at radius 1 is 1.15 bits per heavy atom. The van der Waals surface area contributed by atoms with Crippen molar-refractivity contribution in [1.82, 2.24) is 5.32 Å². The van der Waals surface area contributed by atoms with E-state index in [2.05, 4.69) is 11.4 Å². The minimum Gasteiger partial charge on any atom is -0.480 e. The molecular weight excluding hydrogens is 348 g/mol. The lowest BCUT2D eigenvalue weighted by Crippen LogP contribution is -2.41. The topological polar surface area (TPSA) is 92.4 Å². The summed E-state index contributed by atoms with van der Waals surface area (Å²) in [7, 11) is 0. The van der Waals surface area contributed by atoms with Crippen molar-refractivity contribution in [2.45, 2.75) is 26.3 Å². The molecule has 0 fully saturated rings. The number of carbonyl (C=O) groups is 2. The SMILES string of the molecule is CSCC[C@H](NC(=O)c1ccc(N)cc1-c1cc(C)cc(C)c1)C(=O)O. The molecule has 0 aliphatic carbocycles. The molecule has 5 nitrogen and oxygen atoms in total. The molecule has 0 saturated carbocycles. The second-order valence-electron chi connectivity index (χ2n) is 6.33. The number of nitrogens with one attached hydrogen (secondary N) is 1. The number of benzene rings is 2. The molecule has 0 unspecified atom stereocenters. The summed E-state index contributed by atoms with van der Waals surface area (Å²) in [6, 6.07) is 10.2. The van der Waals surface area contributed by atoms with E-state index in [0.29, 0.717) is 29.0 Å². The molecule has 1 amide bonds. The van der Waals surface area contributed by atoms with Crippen LogP contribution in [0.1, 0.15) is 27.9 Å². The molecular formula is C20H24N2O3S. The summed E-state index contributed by atoms with van der Waals surface area (Å²) in [6.45, 7) is 3.98. The van der Waals surface area contributed by atoms with Gasteiger partial charge in [-0.2, -0.15) is 11.8 Å². The van der Waals surface area contributed by atoms with Crippen LogP contribution in [-0.4, -0.2) is 35.0 Å². The van der Waals surface area contributed by atoms with Gasteiger partial charge in [0.1, 0.15) is 6.04 Å². The summed E-state index contributed by atoms with van der Waals surface area (Å²) in [5.41, 5.74) is 10.6. The zero-order valence-electron chi connectivity index (χ0n) is 15.2. The first-order chi connectivity index (χ1) is 12.3. The summed E-state index contributed by atoms with van der Waals surface area (Å²) in [6.07, 6.45) is 2.27. The van der Waals surface area contributed by atoms with Crippen LogP contribution in [0.2, 0.25) is 0 Å². The van der Waals surface area contributed by atoms with Gasteiger partial charge in [-0.3, -0.25) is 4.79 Å². The number of hydrogen-bond acceptors (Lipinski definition) is 4. The quantitative estimate of drug-likeness (QED) is 0.647. The second kappa shape index (κ2) is 8.76. The molecule has 0 bridgehead atoms. The maximum Gasteiger partial charge on any atom is 0.326 e. The average Bonchev–Trinajstić information content (AvgIpc) is 2.57. The molecule has 2 aromatic rings. The van der Waals surface area contributed by atoms with E-state index in [9.17, 15) is 14.7 Å². The molecule has 4 N–H and O–H groups in total. The normalized spacial score (nSPS) is 11.8. The molecule has 0 aliphatic heterocycles. The van der Waals surface area contributed by atoms with Crippen LogP contribution in [0.3, 0.4) is 0 Å². The van der Waals surface area contributed by atoms with Gasteiger partial charge in [0, 0.05) is 11.3 Å². The van der Waals surface area contributed by atoms with Crippen molar-refractivity contribution in [1.29, 1.82) is 0 Å². The molecule has 2 aromatic carbocycles. The number of rotatable bonds is 7. The fourth-order valence-corrected chi connectivity index (χ4v) is 3.33. The highest BCUT2D eigenvalue weighted by Crippen LogP contribution is 2.28. The van der Waals surface area contributed by atoms with Crippen molar-refractivity contribution >= 4 is 29.3 Å². The summed E-state index contributed by atoms with van der Waals surface area (Å²) >= 11 is 1.54. The minimum atomic E-state index is -1.03. The lowest BCUT2D eigenvalue weighted by atomic mass is 9.95. The number of nitrogens with two attached hydrogens (primary N) is 1. The molecule has 0 spiro atoms. The van der Waals surface area contributed by atoms with E-state index in [1.54, 1.807) is 30.0 Å². The van der Waals surface area contributed by atoms with Gasteiger partial charge in [0.25, 0.3) is 5.91 Å². The van der Waals surface area contributed by atoms with Gasteiger partial charge in [-0.1, -0.05) is 29.3 Å².